The van der Waals surface area contributed by atoms with Crippen molar-refractivity contribution in [3.63, 3.8) is 0 Å². The standard InChI is InChI=1S/C77H151NO5/c1-3-5-7-9-11-13-15-17-19-20-35-39-43-47-51-55-59-63-67-71-77(82)83-72-68-64-60-56-52-48-44-40-37-34-32-30-28-26-24-22-21-23-25-27-29-31-33-36-38-42-46-50-54-58-62-66-70-76(81)78-74(73-79)75(80)69-65-61-57-53-49-45-41-18-16-14-12-10-8-6-4-2/h24,26,74-75,79-80H,3-23,25,27-73H2,1-2H3,(H,78,81)/b26-24-. The van der Waals surface area contributed by atoms with Crippen LogP contribution in [0.5, 0.6) is 0 Å². The average molecular weight is 1170 g/mol. The van der Waals surface area contributed by atoms with E-state index >= 15 is 0 Å². The topological polar surface area (TPSA) is 95.9 Å². The van der Waals surface area contributed by atoms with Crippen LogP contribution in [-0.4, -0.2) is 47.4 Å². The van der Waals surface area contributed by atoms with Crippen LogP contribution in [0, 0.1) is 0 Å². The molecular formula is C77H151NO5. The summed E-state index contributed by atoms with van der Waals surface area (Å²) in [4.78, 5) is 24.6. The summed E-state index contributed by atoms with van der Waals surface area (Å²) >= 11 is 0. The molecule has 0 aliphatic rings. The molecule has 6 nitrogen and oxygen atoms in total. The molecule has 0 heterocycles. The zero-order valence-corrected chi connectivity index (χ0v) is 56.7. The maximum atomic E-state index is 12.5. The highest BCUT2D eigenvalue weighted by Gasteiger charge is 2.20. The normalized spacial score (nSPS) is 12.5. The molecular weight excluding hydrogens is 1020 g/mol. The van der Waals surface area contributed by atoms with Gasteiger partial charge in [-0.15, -0.1) is 0 Å². The van der Waals surface area contributed by atoms with Gasteiger partial charge in [-0.2, -0.15) is 0 Å². The number of amides is 1. The van der Waals surface area contributed by atoms with Gasteiger partial charge in [0.25, 0.3) is 0 Å². The van der Waals surface area contributed by atoms with Crippen LogP contribution in [0.25, 0.3) is 0 Å². The molecule has 0 rings (SSSR count). The summed E-state index contributed by atoms with van der Waals surface area (Å²) in [5.74, 6) is -0.00443. The average Bonchev–Trinajstić information content (AvgIpc) is 3.48. The summed E-state index contributed by atoms with van der Waals surface area (Å²) < 4.78 is 5.52. The highest BCUT2D eigenvalue weighted by molar-refractivity contribution is 5.76. The van der Waals surface area contributed by atoms with Crippen LogP contribution in [0.4, 0.5) is 0 Å². The summed E-state index contributed by atoms with van der Waals surface area (Å²) in [5.41, 5.74) is 0. The molecule has 6 heteroatoms. The fourth-order valence-corrected chi connectivity index (χ4v) is 12.5. The fourth-order valence-electron chi connectivity index (χ4n) is 12.5. The Morgan fingerprint density at radius 3 is 0.855 bits per heavy atom. The molecule has 1 amide bonds. The first-order valence-electron chi connectivity index (χ1n) is 38.4. The lowest BCUT2D eigenvalue weighted by Crippen LogP contribution is -2.45. The SMILES string of the molecule is CCCCCCCCCCCCCCCCCCCCCC(=O)OCCCCCCCCCCCCCC/C=C\CCCCCCCCCCCCCCCCCCC(=O)NC(CO)C(O)CCCCCCCCCCCCCCCCC. The van der Waals surface area contributed by atoms with Gasteiger partial charge in [-0.3, -0.25) is 9.59 Å². The molecule has 0 aliphatic heterocycles. The van der Waals surface area contributed by atoms with Gasteiger partial charge >= 0.3 is 5.97 Å². The van der Waals surface area contributed by atoms with Crippen LogP contribution in [0.3, 0.4) is 0 Å². The number of aliphatic hydroxyl groups is 2. The number of esters is 1. The van der Waals surface area contributed by atoms with Crippen LogP contribution in [0.1, 0.15) is 444 Å². The maximum Gasteiger partial charge on any atom is 0.305 e. The summed E-state index contributed by atoms with van der Waals surface area (Å²) in [6, 6.07) is -0.539. The van der Waals surface area contributed by atoms with E-state index in [-0.39, 0.29) is 18.5 Å². The third-order valence-electron chi connectivity index (χ3n) is 18.3. The van der Waals surface area contributed by atoms with E-state index < -0.39 is 12.1 Å². The van der Waals surface area contributed by atoms with Crippen molar-refractivity contribution < 1.29 is 24.5 Å². The van der Waals surface area contributed by atoms with Crippen molar-refractivity contribution in [2.24, 2.45) is 0 Å². The van der Waals surface area contributed by atoms with Gasteiger partial charge < -0.3 is 20.3 Å². The quantitative estimate of drug-likeness (QED) is 0.0320. The molecule has 0 saturated carbocycles. The molecule has 0 saturated heterocycles. The predicted molar refractivity (Wildman–Crippen MR) is 366 cm³/mol. The Labute approximate surface area is 520 Å². The molecule has 0 fully saturated rings. The smallest absolute Gasteiger partial charge is 0.305 e. The lowest BCUT2D eigenvalue weighted by Gasteiger charge is -2.22. The van der Waals surface area contributed by atoms with Gasteiger partial charge in [0.05, 0.1) is 25.4 Å². The molecule has 0 aliphatic carbocycles. The minimum atomic E-state index is -0.662. The first-order valence-corrected chi connectivity index (χ1v) is 38.4. The second-order valence-corrected chi connectivity index (χ2v) is 26.7. The van der Waals surface area contributed by atoms with Crippen molar-refractivity contribution >= 4 is 11.9 Å². The lowest BCUT2D eigenvalue weighted by atomic mass is 10.0. The Hall–Kier alpha value is -1.40. The molecule has 0 aromatic carbocycles. The third kappa shape index (κ3) is 69.6. The Morgan fingerprint density at radius 2 is 0.566 bits per heavy atom. The van der Waals surface area contributed by atoms with Crippen molar-refractivity contribution in [3.8, 4) is 0 Å². The zero-order chi connectivity index (χ0) is 59.9. The van der Waals surface area contributed by atoms with E-state index in [9.17, 15) is 19.8 Å². The number of hydrogen-bond acceptors (Lipinski definition) is 5. The molecule has 0 radical (unpaired) electrons. The molecule has 494 valence electrons. The monoisotopic (exact) mass is 1170 g/mol. The van der Waals surface area contributed by atoms with Gasteiger partial charge in [0.2, 0.25) is 5.91 Å². The fraction of sp³-hybridized carbons (Fsp3) is 0.948. The number of hydrogen-bond donors (Lipinski definition) is 3. The Morgan fingerprint density at radius 1 is 0.325 bits per heavy atom. The van der Waals surface area contributed by atoms with Crippen molar-refractivity contribution in [2.75, 3.05) is 13.2 Å². The number of nitrogens with one attached hydrogen (secondary N) is 1. The van der Waals surface area contributed by atoms with E-state index in [0.717, 1.165) is 38.5 Å². The molecule has 0 spiro atoms. The number of rotatable bonds is 73. The van der Waals surface area contributed by atoms with Crippen LogP contribution >= 0.6 is 0 Å². The highest BCUT2D eigenvalue weighted by Crippen LogP contribution is 2.20. The summed E-state index contributed by atoms with van der Waals surface area (Å²) in [6.45, 7) is 5.01. The Balaban J connectivity index is 3.32. The predicted octanol–water partition coefficient (Wildman–Crippen LogP) is 25.1. The van der Waals surface area contributed by atoms with Crippen molar-refractivity contribution in [3.05, 3.63) is 12.2 Å². The molecule has 3 N–H and O–H groups in total. The largest absolute Gasteiger partial charge is 0.466 e. The number of carbonyl (C=O) groups excluding carboxylic acids is 2. The number of carbonyl (C=O) groups is 2. The first kappa shape index (κ1) is 81.6. The Kier molecular flexibility index (Phi) is 71.8. The van der Waals surface area contributed by atoms with Crippen molar-refractivity contribution in [1.82, 2.24) is 5.32 Å². The highest BCUT2D eigenvalue weighted by atomic mass is 16.5. The maximum absolute atomic E-state index is 12.5. The molecule has 2 atom stereocenters. The van der Waals surface area contributed by atoms with Gasteiger partial charge in [-0.05, 0) is 51.4 Å². The number of aliphatic hydroxyl groups excluding tert-OH is 2. The van der Waals surface area contributed by atoms with Crippen LogP contribution in [0.15, 0.2) is 12.2 Å². The van der Waals surface area contributed by atoms with E-state index in [2.05, 4.69) is 31.3 Å². The lowest BCUT2D eigenvalue weighted by molar-refractivity contribution is -0.143. The minimum Gasteiger partial charge on any atom is -0.466 e. The van der Waals surface area contributed by atoms with Gasteiger partial charge in [0.1, 0.15) is 0 Å². The summed E-state index contributed by atoms with van der Waals surface area (Å²) in [7, 11) is 0. The van der Waals surface area contributed by atoms with E-state index in [4.69, 9.17) is 4.74 Å². The van der Waals surface area contributed by atoms with Crippen LogP contribution in [-0.2, 0) is 14.3 Å². The molecule has 2 unspecified atom stereocenters. The van der Waals surface area contributed by atoms with Crippen LogP contribution < -0.4 is 5.32 Å². The van der Waals surface area contributed by atoms with Gasteiger partial charge in [-0.1, -0.05) is 392 Å². The summed E-state index contributed by atoms with van der Waals surface area (Å²) in [6.07, 6.45) is 91.5. The molecule has 0 aromatic heterocycles. The second-order valence-electron chi connectivity index (χ2n) is 26.7. The van der Waals surface area contributed by atoms with E-state index in [1.807, 2.05) is 0 Å². The third-order valence-corrected chi connectivity index (χ3v) is 18.3. The second kappa shape index (κ2) is 73.1. The van der Waals surface area contributed by atoms with Gasteiger partial charge in [0, 0.05) is 12.8 Å². The first-order chi connectivity index (χ1) is 41.0. The van der Waals surface area contributed by atoms with Gasteiger partial charge in [-0.25, -0.2) is 0 Å². The summed E-state index contributed by atoms with van der Waals surface area (Å²) in [5, 5.41) is 23.3. The molecule has 83 heavy (non-hydrogen) atoms. The zero-order valence-electron chi connectivity index (χ0n) is 56.7. The number of ether oxygens (including phenoxy) is 1. The minimum absolute atomic E-state index is 0.0242. The van der Waals surface area contributed by atoms with E-state index in [1.54, 1.807) is 0 Å². The Bertz CT molecular complexity index is 1260. The molecule has 0 aromatic rings. The van der Waals surface area contributed by atoms with Crippen LogP contribution in [0.2, 0.25) is 0 Å². The van der Waals surface area contributed by atoms with Crippen molar-refractivity contribution in [2.45, 2.75) is 456 Å². The van der Waals surface area contributed by atoms with Gasteiger partial charge in [0.15, 0.2) is 0 Å². The van der Waals surface area contributed by atoms with E-state index in [1.165, 1.54) is 372 Å². The molecule has 0 bridgehead atoms. The number of unbranched alkanes of at least 4 members (excludes halogenated alkanes) is 60. The number of allylic oxidation sites excluding steroid dienone is 2. The van der Waals surface area contributed by atoms with Crippen molar-refractivity contribution in [1.29, 1.82) is 0 Å². The van der Waals surface area contributed by atoms with E-state index in [0.29, 0.717) is 25.9 Å².